The molecule has 8 nitrogen and oxygen atoms in total. The van der Waals surface area contributed by atoms with Gasteiger partial charge in [-0.1, -0.05) is 16.8 Å². The summed E-state index contributed by atoms with van der Waals surface area (Å²) in [6.07, 6.45) is 5.09. The average Bonchev–Trinajstić information content (AvgIpc) is 3.17. The van der Waals surface area contributed by atoms with E-state index in [1.165, 1.54) is 0 Å². The highest BCUT2D eigenvalue weighted by molar-refractivity contribution is 6.31. The molecule has 0 unspecified atom stereocenters. The lowest BCUT2D eigenvalue weighted by Gasteiger charge is -2.14. The summed E-state index contributed by atoms with van der Waals surface area (Å²) >= 11 is 5.93. The maximum Gasteiger partial charge on any atom is 0.268 e. The number of nitrogens with zero attached hydrogens (tertiary/aromatic N) is 5. The number of nitrogens with one attached hydrogen (secondary N) is 1. The fraction of sp³-hybridized carbons (Fsp3) is 0.286. The lowest BCUT2D eigenvalue weighted by Crippen LogP contribution is -2.31. The number of aromatic nitrogens is 5. The van der Waals surface area contributed by atoms with Crippen molar-refractivity contribution >= 4 is 17.5 Å². The summed E-state index contributed by atoms with van der Waals surface area (Å²) in [6, 6.07) is 1.03. The number of amides is 1. The second kappa shape index (κ2) is 5.88. The van der Waals surface area contributed by atoms with Crippen molar-refractivity contribution in [2.75, 3.05) is 0 Å². The second-order valence-corrected chi connectivity index (χ2v) is 5.62. The zero-order chi connectivity index (χ0) is 16.6. The largest absolute Gasteiger partial charge is 0.345 e. The first-order valence-electron chi connectivity index (χ1n) is 6.85. The van der Waals surface area contributed by atoms with Gasteiger partial charge in [-0.2, -0.15) is 10.1 Å². The number of rotatable bonds is 4. The molecule has 0 aliphatic rings. The monoisotopic (exact) mass is 334 g/mol. The van der Waals surface area contributed by atoms with Gasteiger partial charge in [-0.15, -0.1) is 0 Å². The Hall–Kier alpha value is -2.61. The minimum Gasteiger partial charge on any atom is -0.345 e. The molecule has 1 atom stereocenters. The minimum absolute atomic E-state index is 0.296. The van der Waals surface area contributed by atoms with E-state index in [2.05, 4.69) is 20.6 Å². The van der Waals surface area contributed by atoms with E-state index in [1.54, 1.807) is 54.9 Å². The molecule has 1 amide bonds. The van der Waals surface area contributed by atoms with Gasteiger partial charge in [-0.05, 0) is 6.07 Å². The summed E-state index contributed by atoms with van der Waals surface area (Å²) < 4.78 is 8.31. The van der Waals surface area contributed by atoms with Crippen molar-refractivity contribution in [2.45, 2.75) is 13.0 Å². The Morgan fingerprint density at radius 2 is 2.17 bits per heavy atom. The molecule has 3 aromatic rings. The maximum atomic E-state index is 12.5. The standard InChI is InChI=1S/C14H15ClN6O2/c1-8-17-13(19-23-8)12(9-5-16-21(3)6-9)18-14(22)11-4-10(15)7-20(11)2/h4-7,12H,1-3H3,(H,18,22)/t12-/m1/s1. The molecule has 3 heterocycles. The summed E-state index contributed by atoms with van der Waals surface area (Å²) in [5.41, 5.74) is 1.19. The predicted octanol–water partition coefficient (Wildman–Crippen LogP) is 1.62. The van der Waals surface area contributed by atoms with Crippen LogP contribution in [0.5, 0.6) is 0 Å². The van der Waals surface area contributed by atoms with Crippen LogP contribution in [0, 0.1) is 6.92 Å². The molecule has 9 heteroatoms. The Kier molecular flexibility index (Phi) is 3.91. The molecular formula is C14H15ClN6O2. The molecule has 0 aliphatic carbocycles. The highest BCUT2D eigenvalue weighted by atomic mass is 35.5. The van der Waals surface area contributed by atoms with Gasteiger partial charge < -0.3 is 14.4 Å². The van der Waals surface area contributed by atoms with E-state index < -0.39 is 6.04 Å². The van der Waals surface area contributed by atoms with E-state index in [-0.39, 0.29) is 5.91 Å². The molecular weight excluding hydrogens is 320 g/mol. The van der Waals surface area contributed by atoms with Crippen LogP contribution in [0.25, 0.3) is 0 Å². The van der Waals surface area contributed by atoms with Crippen molar-refractivity contribution in [1.82, 2.24) is 29.8 Å². The van der Waals surface area contributed by atoms with Crippen molar-refractivity contribution in [3.8, 4) is 0 Å². The first-order valence-corrected chi connectivity index (χ1v) is 7.23. The van der Waals surface area contributed by atoms with E-state index >= 15 is 0 Å². The van der Waals surface area contributed by atoms with Crippen LogP contribution in [0.2, 0.25) is 5.02 Å². The van der Waals surface area contributed by atoms with E-state index in [4.69, 9.17) is 16.1 Å². The summed E-state index contributed by atoms with van der Waals surface area (Å²) in [7, 11) is 3.54. The number of halogens is 1. The summed E-state index contributed by atoms with van der Waals surface area (Å²) in [5.74, 6) is 0.491. The van der Waals surface area contributed by atoms with Gasteiger partial charge in [0, 0.05) is 39.0 Å². The molecule has 0 radical (unpaired) electrons. The Labute approximate surface area is 137 Å². The number of carbonyl (C=O) groups is 1. The summed E-state index contributed by atoms with van der Waals surface area (Å²) in [4.78, 5) is 16.8. The first kappa shape index (κ1) is 15.3. The second-order valence-electron chi connectivity index (χ2n) is 5.18. The molecule has 0 spiro atoms. The van der Waals surface area contributed by atoms with E-state index in [1.807, 2.05) is 0 Å². The predicted molar refractivity (Wildman–Crippen MR) is 82.0 cm³/mol. The molecule has 0 saturated heterocycles. The molecule has 0 saturated carbocycles. The lowest BCUT2D eigenvalue weighted by molar-refractivity contribution is 0.0933. The zero-order valence-electron chi connectivity index (χ0n) is 12.8. The zero-order valence-corrected chi connectivity index (χ0v) is 13.6. The van der Waals surface area contributed by atoms with Crippen LogP contribution in [-0.4, -0.2) is 30.4 Å². The van der Waals surface area contributed by atoms with Crippen molar-refractivity contribution in [3.05, 3.63) is 52.7 Å². The Bertz CT molecular complexity index is 809. The van der Waals surface area contributed by atoms with Gasteiger partial charge in [0.2, 0.25) is 5.89 Å². The first-order chi connectivity index (χ1) is 10.9. The molecule has 1 N–H and O–H groups in total. The molecule has 0 bridgehead atoms. The Balaban J connectivity index is 1.93. The van der Waals surface area contributed by atoms with Crippen LogP contribution >= 0.6 is 11.6 Å². The lowest BCUT2D eigenvalue weighted by atomic mass is 10.1. The SMILES string of the molecule is Cc1nc([C@H](NC(=O)c2cc(Cl)cn2C)c2cnn(C)c2)no1. The average molecular weight is 335 g/mol. The van der Waals surface area contributed by atoms with Crippen LogP contribution in [-0.2, 0) is 14.1 Å². The van der Waals surface area contributed by atoms with Gasteiger partial charge in [-0.25, -0.2) is 0 Å². The molecule has 0 aliphatic heterocycles. The van der Waals surface area contributed by atoms with Crippen molar-refractivity contribution in [2.24, 2.45) is 14.1 Å². The van der Waals surface area contributed by atoms with E-state index in [9.17, 15) is 4.79 Å². The molecule has 0 fully saturated rings. The Morgan fingerprint density at radius 3 is 2.70 bits per heavy atom. The van der Waals surface area contributed by atoms with Crippen LogP contribution in [0.1, 0.15) is 33.8 Å². The van der Waals surface area contributed by atoms with Crippen LogP contribution < -0.4 is 5.32 Å². The van der Waals surface area contributed by atoms with Crippen molar-refractivity contribution < 1.29 is 9.32 Å². The number of hydrogen-bond donors (Lipinski definition) is 1. The third-order valence-corrected chi connectivity index (χ3v) is 3.55. The highest BCUT2D eigenvalue weighted by Gasteiger charge is 2.25. The van der Waals surface area contributed by atoms with Crippen molar-refractivity contribution in [1.29, 1.82) is 0 Å². The quantitative estimate of drug-likeness (QED) is 0.783. The smallest absolute Gasteiger partial charge is 0.268 e. The van der Waals surface area contributed by atoms with Crippen LogP contribution in [0.3, 0.4) is 0 Å². The Morgan fingerprint density at radius 1 is 1.39 bits per heavy atom. The number of hydrogen-bond acceptors (Lipinski definition) is 5. The van der Waals surface area contributed by atoms with Gasteiger partial charge in [0.25, 0.3) is 5.91 Å². The van der Waals surface area contributed by atoms with Crippen molar-refractivity contribution in [3.63, 3.8) is 0 Å². The molecule has 3 aromatic heterocycles. The van der Waals surface area contributed by atoms with Crippen LogP contribution in [0.15, 0.2) is 29.2 Å². The van der Waals surface area contributed by atoms with E-state index in [0.29, 0.717) is 22.4 Å². The van der Waals surface area contributed by atoms with E-state index in [0.717, 1.165) is 5.56 Å². The maximum absolute atomic E-state index is 12.5. The normalized spacial score (nSPS) is 12.3. The molecule has 0 aromatic carbocycles. The number of aryl methyl sites for hydroxylation is 3. The van der Waals surface area contributed by atoms with Gasteiger partial charge in [0.1, 0.15) is 11.7 Å². The molecule has 3 rings (SSSR count). The number of carbonyl (C=O) groups excluding carboxylic acids is 1. The topological polar surface area (TPSA) is 90.8 Å². The third kappa shape index (κ3) is 3.11. The molecule has 120 valence electrons. The van der Waals surface area contributed by atoms with Gasteiger partial charge in [0.15, 0.2) is 5.82 Å². The van der Waals surface area contributed by atoms with Gasteiger partial charge >= 0.3 is 0 Å². The third-order valence-electron chi connectivity index (χ3n) is 3.34. The fourth-order valence-corrected chi connectivity index (χ4v) is 2.52. The molecule has 23 heavy (non-hydrogen) atoms. The van der Waals surface area contributed by atoms with Gasteiger partial charge in [-0.3, -0.25) is 9.48 Å². The highest BCUT2D eigenvalue weighted by Crippen LogP contribution is 2.20. The summed E-state index contributed by atoms with van der Waals surface area (Å²) in [6.45, 7) is 1.69. The van der Waals surface area contributed by atoms with Crippen LogP contribution in [0.4, 0.5) is 0 Å². The summed E-state index contributed by atoms with van der Waals surface area (Å²) in [5, 5.41) is 11.4. The fourth-order valence-electron chi connectivity index (χ4n) is 2.27. The van der Waals surface area contributed by atoms with Gasteiger partial charge in [0.05, 0.1) is 11.2 Å². The minimum atomic E-state index is -0.567.